The minimum absolute atomic E-state index is 0.0419. The molecule has 2 saturated heterocycles. The largest absolute Gasteiger partial charge is 0.347 e. The van der Waals surface area contributed by atoms with Crippen LogP contribution >= 0.6 is 23.5 Å². The van der Waals surface area contributed by atoms with Crippen molar-refractivity contribution in [3.05, 3.63) is 118 Å². The predicted octanol–water partition coefficient (Wildman–Crippen LogP) is 6.56. The molecule has 0 spiro atoms. The van der Waals surface area contributed by atoms with Crippen molar-refractivity contribution < 1.29 is 38.4 Å². The van der Waals surface area contributed by atoms with Gasteiger partial charge in [0, 0.05) is 57.6 Å². The lowest BCUT2D eigenvalue weighted by molar-refractivity contribution is -0.143. The van der Waals surface area contributed by atoms with Gasteiger partial charge in [-0.15, -0.1) is 23.5 Å². The predicted molar refractivity (Wildman–Crippen MR) is 326 cm³/mol. The van der Waals surface area contributed by atoms with Gasteiger partial charge < -0.3 is 52.3 Å². The Morgan fingerprint density at radius 2 is 1.04 bits per heavy atom. The first kappa shape index (κ1) is 60.4. The molecule has 10 rings (SSSR count). The van der Waals surface area contributed by atoms with Crippen molar-refractivity contribution in [3.63, 3.8) is 0 Å². The third-order valence-electron chi connectivity index (χ3n) is 17.9. The molecule has 0 bridgehead atoms. The van der Waals surface area contributed by atoms with Gasteiger partial charge in [-0.1, -0.05) is 74.2 Å². The smallest absolute Gasteiger partial charge is 0.271 e. The molecular weight excluding hydrogens is 1100 g/mol. The number of fused-ring (bicyclic) bond motifs is 3. The van der Waals surface area contributed by atoms with Crippen LogP contribution in [0.25, 0.3) is 10.8 Å². The Balaban J connectivity index is 0.847. The maximum Gasteiger partial charge on any atom is 0.271 e. The van der Waals surface area contributed by atoms with Crippen LogP contribution in [0.2, 0.25) is 0 Å². The Labute approximate surface area is 500 Å². The number of likely N-dealkylation sites (tertiary alicyclic amines) is 2. The lowest BCUT2D eigenvalue weighted by atomic mass is 9.83. The molecule has 4 aromatic rings. The number of hydrogen-bond acceptors (Lipinski definition) is 12. The number of rotatable bonds is 17. The van der Waals surface area contributed by atoms with Crippen molar-refractivity contribution in [1.82, 2.24) is 52.3 Å². The van der Waals surface area contributed by atoms with Crippen LogP contribution < -0.4 is 42.5 Å². The van der Waals surface area contributed by atoms with Gasteiger partial charge in [0.1, 0.15) is 23.8 Å². The van der Waals surface area contributed by atoms with Gasteiger partial charge in [0.2, 0.25) is 29.5 Å². The molecule has 84 heavy (non-hydrogen) atoms. The van der Waals surface area contributed by atoms with E-state index in [1.807, 2.05) is 42.5 Å². The fourth-order valence-electron chi connectivity index (χ4n) is 12.9. The number of likely N-dealkylation sites (N-methyl/N-ethyl adjacent to an activating group) is 2. The molecule has 4 heterocycles. The second-order valence-electron chi connectivity index (χ2n) is 23.5. The monoisotopic (exact) mass is 1180 g/mol. The zero-order valence-electron chi connectivity index (χ0n) is 48.6. The minimum Gasteiger partial charge on any atom is -0.347 e. The number of allylic oxidation sites excluding steroid dienone is 1. The van der Waals surface area contributed by atoms with Gasteiger partial charge in [-0.25, -0.2) is 0 Å². The van der Waals surface area contributed by atoms with Crippen LogP contribution in [0.1, 0.15) is 148 Å². The number of nitrogens with one attached hydrogen (secondary N) is 8. The zero-order chi connectivity index (χ0) is 59.0. The third-order valence-corrected chi connectivity index (χ3v) is 20.2. The van der Waals surface area contributed by atoms with Crippen LogP contribution in [0, 0.1) is 5.92 Å². The Kier molecular flexibility index (Phi) is 19.8. The lowest BCUT2D eigenvalue weighted by Gasteiger charge is -2.35. The van der Waals surface area contributed by atoms with Crippen molar-refractivity contribution >= 4 is 81.6 Å². The maximum atomic E-state index is 15.0. The molecule has 4 aromatic carbocycles. The summed E-state index contributed by atoms with van der Waals surface area (Å²) in [6.07, 6.45) is 10.4. The first-order valence-electron chi connectivity index (χ1n) is 30.2. The minimum atomic E-state index is -0.934. The van der Waals surface area contributed by atoms with E-state index in [9.17, 15) is 38.4 Å². The molecule has 18 nitrogen and oxygen atoms in total. The molecule has 20 heteroatoms. The van der Waals surface area contributed by atoms with Crippen LogP contribution in [0.5, 0.6) is 0 Å². The molecule has 446 valence electrons. The van der Waals surface area contributed by atoms with Crippen molar-refractivity contribution in [3.8, 4) is 0 Å². The summed E-state index contributed by atoms with van der Waals surface area (Å²) in [7, 11) is 3.37. The van der Waals surface area contributed by atoms with Gasteiger partial charge >= 0.3 is 0 Å². The van der Waals surface area contributed by atoms with Crippen LogP contribution in [0.15, 0.2) is 106 Å². The number of hydrogen-bond donors (Lipinski definition) is 8. The summed E-state index contributed by atoms with van der Waals surface area (Å²) in [5, 5.41) is 26.1. The molecule has 0 aromatic heterocycles. The van der Waals surface area contributed by atoms with E-state index in [1.165, 1.54) is 4.90 Å². The van der Waals surface area contributed by atoms with Crippen LogP contribution in [-0.2, 0) is 28.8 Å². The van der Waals surface area contributed by atoms with E-state index >= 15 is 0 Å². The normalized spacial score (nSPS) is 23.5. The van der Waals surface area contributed by atoms with Crippen molar-refractivity contribution in [2.75, 3.05) is 38.7 Å². The summed E-state index contributed by atoms with van der Waals surface area (Å²) in [5.74, 6) is -1.28. The summed E-state index contributed by atoms with van der Waals surface area (Å²) >= 11 is 3.49. The third kappa shape index (κ3) is 13.8. The first-order valence-corrected chi connectivity index (χ1v) is 32.1. The van der Waals surface area contributed by atoms with E-state index < -0.39 is 54.1 Å². The molecular formula is C64H80N10O8S2. The van der Waals surface area contributed by atoms with Gasteiger partial charge in [-0.2, -0.15) is 0 Å². The highest BCUT2D eigenvalue weighted by molar-refractivity contribution is 7.99. The molecule has 2 saturated carbocycles. The average Bonchev–Trinajstić information content (AvgIpc) is 4.34. The Bertz CT molecular complexity index is 3180. The standard InChI is InChI=1S/C64H80N10O8S2/c1-37(65-3)57(75)71-55(39-15-7-5-8-16-39)63(81)73-35-45(33-51(73)61(79)69-49-27-29-83-53-21-13-11-19-47(49)53)67-59(77)43-25-23-42-32-44(26-24-41(42)31-43)60(78)68-46-34-52(62(80)70-50-28-30-84-54-22-14-12-20-48(50)54)74(36-46)64(82)56(40-17-9-6-10-18-40)72-58(76)38(2)66-4/h11-14,19-26,31-32,37-39,45-46,49-52,55,65-66H,5-10,15-18,27-30,33-36H2,1-4H3,(H,67,77)(H,68,78)(H,69,79)(H,70,80)(H,71,75)(H,72,76)/t37-,38-,45-,46-,49+,50+,51-,52-,55-/m0/s1. The highest BCUT2D eigenvalue weighted by Crippen LogP contribution is 2.39. The highest BCUT2D eigenvalue weighted by atomic mass is 32.2. The SMILES string of the molecule is CN[C@@H](C)C(=O)NC(C(=O)N1C[C@@H](NC(=O)c2ccc3cc(C(=O)N[C@H]4C[C@@H](C(=O)N[C@@H]5CCSc6ccccc65)N(C(=O)[C@@H](NC(=O)[C@H](C)NC)C5CCCCC5)C4)ccc3c2)C[C@H]1C(=O)N[C@@H]1CCSc2ccccc21)=C1CCCCC1. The number of benzene rings is 4. The lowest BCUT2D eigenvalue weighted by Crippen LogP contribution is -2.58. The van der Waals surface area contributed by atoms with Crippen LogP contribution in [0.3, 0.4) is 0 Å². The Morgan fingerprint density at radius 3 is 1.57 bits per heavy atom. The average molecular weight is 1180 g/mol. The van der Waals surface area contributed by atoms with E-state index in [1.54, 1.807) is 92.8 Å². The molecule has 0 radical (unpaired) electrons. The van der Waals surface area contributed by atoms with Crippen molar-refractivity contribution in [2.24, 2.45) is 5.92 Å². The van der Waals surface area contributed by atoms with E-state index in [-0.39, 0.29) is 85.1 Å². The van der Waals surface area contributed by atoms with Crippen molar-refractivity contribution in [2.45, 2.75) is 168 Å². The second kappa shape index (κ2) is 27.5. The number of amides is 8. The highest BCUT2D eigenvalue weighted by Gasteiger charge is 2.46. The summed E-state index contributed by atoms with van der Waals surface area (Å²) in [6, 6.07) is 20.9. The van der Waals surface area contributed by atoms with E-state index in [2.05, 4.69) is 48.6 Å². The summed E-state index contributed by atoms with van der Waals surface area (Å²) in [5.41, 5.74) is 3.82. The maximum absolute atomic E-state index is 15.0. The number of thioether (sulfide) groups is 2. The quantitative estimate of drug-likeness (QED) is 0.0525. The molecule has 9 atom stereocenters. The number of nitrogens with zero attached hydrogens (tertiary/aromatic N) is 2. The molecule has 8 N–H and O–H groups in total. The van der Waals surface area contributed by atoms with E-state index in [4.69, 9.17) is 0 Å². The first-order chi connectivity index (χ1) is 40.7. The fourth-order valence-corrected chi connectivity index (χ4v) is 15.1. The van der Waals surface area contributed by atoms with Crippen molar-refractivity contribution in [1.29, 1.82) is 0 Å². The fraction of sp³-hybridized carbons (Fsp3) is 0.500. The van der Waals surface area contributed by atoms with E-state index in [0.29, 0.717) is 34.7 Å². The molecule has 4 aliphatic heterocycles. The van der Waals surface area contributed by atoms with Crippen LogP contribution in [-0.4, -0.2) is 138 Å². The van der Waals surface area contributed by atoms with Gasteiger partial charge in [0.25, 0.3) is 17.7 Å². The summed E-state index contributed by atoms with van der Waals surface area (Å²) in [4.78, 5) is 120. The molecule has 8 amide bonds. The van der Waals surface area contributed by atoms with E-state index in [0.717, 1.165) is 102 Å². The zero-order valence-corrected chi connectivity index (χ0v) is 50.2. The van der Waals surface area contributed by atoms with Gasteiger partial charge in [-0.05, 0) is 162 Å². The van der Waals surface area contributed by atoms with Gasteiger partial charge in [0.15, 0.2) is 0 Å². The topological polar surface area (TPSA) is 239 Å². The second-order valence-corrected chi connectivity index (χ2v) is 25.7. The Morgan fingerprint density at radius 1 is 0.548 bits per heavy atom. The van der Waals surface area contributed by atoms with Crippen LogP contribution in [0.4, 0.5) is 0 Å². The molecule has 6 aliphatic rings. The molecule has 0 unspecified atom stereocenters. The summed E-state index contributed by atoms with van der Waals surface area (Å²) in [6.45, 7) is 3.58. The molecule has 2 aliphatic carbocycles. The summed E-state index contributed by atoms with van der Waals surface area (Å²) < 4.78 is 0. The van der Waals surface area contributed by atoms with Gasteiger partial charge in [0.05, 0.1) is 24.2 Å². The Hall–Kier alpha value is -6.74. The number of carbonyl (C=O) groups is 8. The van der Waals surface area contributed by atoms with Gasteiger partial charge in [-0.3, -0.25) is 38.4 Å². The molecule has 4 fully saturated rings. The number of carbonyl (C=O) groups excluding carboxylic acids is 8.